The summed E-state index contributed by atoms with van der Waals surface area (Å²) in [6.07, 6.45) is 3.95. The molecule has 4 heterocycles. The van der Waals surface area contributed by atoms with Gasteiger partial charge in [-0.2, -0.15) is 5.10 Å². The van der Waals surface area contributed by atoms with Crippen LogP contribution in [0.25, 0.3) is 16.9 Å². The second kappa shape index (κ2) is 10.9. The summed E-state index contributed by atoms with van der Waals surface area (Å²) in [5.41, 5.74) is 2.85. The highest BCUT2D eigenvalue weighted by Gasteiger charge is 2.39. The van der Waals surface area contributed by atoms with Crippen molar-refractivity contribution in [2.24, 2.45) is 0 Å². The first-order valence-corrected chi connectivity index (χ1v) is 13.9. The monoisotopic (exact) mass is 555 g/mol. The Bertz CT molecular complexity index is 1350. The molecule has 2 aromatic heterocycles. The van der Waals surface area contributed by atoms with Gasteiger partial charge in [-0.3, -0.25) is 14.7 Å². The largest absolute Gasteiger partial charge is 0.573 e. The number of carbonyl (C=O) groups is 1. The van der Waals surface area contributed by atoms with Crippen molar-refractivity contribution in [3.8, 4) is 22.7 Å². The number of aliphatic hydroxyl groups is 1. The smallest absolute Gasteiger partial charge is 0.406 e. The fraction of sp³-hybridized carbons (Fsp3) is 0.483. The molecule has 2 saturated heterocycles. The fourth-order valence-corrected chi connectivity index (χ4v) is 6.19. The summed E-state index contributed by atoms with van der Waals surface area (Å²) in [6.45, 7) is 2.33. The number of benzene rings is 1. The molecule has 1 saturated carbocycles. The number of rotatable bonds is 7. The lowest BCUT2D eigenvalue weighted by Crippen LogP contribution is -2.49. The minimum absolute atomic E-state index is 0.0849. The first-order chi connectivity index (χ1) is 19.3. The predicted octanol–water partition coefficient (Wildman–Crippen LogP) is 4.77. The van der Waals surface area contributed by atoms with Gasteiger partial charge in [0.2, 0.25) is 0 Å². The average Bonchev–Trinajstić information content (AvgIpc) is 3.54. The van der Waals surface area contributed by atoms with E-state index >= 15 is 0 Å². The molecule has 1 amide bonds. The van der Waals surface area contributed by atoms with Gasteiger partial charge in [0.05, 0.1) is 23.6 Å². The van der Waals surface area contributed by atoms with Gasteiger partial charge < -0.3 is 14.7 Å². The maximum atomic E-state index is 14.2. The molecule has 1 atom stereocenters. The summed E-state index contributed by atoms with van der Waals surface area (Å²) >= 11 is 0. The van der Waals surface area contributed by atoms with Crippen LogP contribution in [0.15, 0.2) is 48.8 Å². The number of carbonyl (C=O) groups excluding carboxylic acids is 1. The van der Waals surface area contributed by atoms with Crippen LogP contribution >= 0.6 is 0 Å². The molecule has 0 bridgehead atoms. The van der Waals surface area contributed by atoms with E-state index in [-0.39, 0.29) is 30.2 Å². The van der Waals surface area contributed by atoms with Crippen LogP contribution in [0.3, 0.4) is 0 Å². The highest BCUT2D eigenvalue weighted by atomic mass is 19.4. The van der Waals surface area contributed by atoms with E-state index in [4.69, 9.17) is 5.10 Å². The van der Waals surface area contributed by atoms with Gasteiger partial charge in [0.15, 0.2) is 0 Å². The summed E-state index contributed by atoms with van der Waals surface area (Å²) < 4.78 is 44.6. The molecule has 40 heavy (non-hydrogen) atoms. The van der Waals surface area contributed by atoms with Crippen molar-refractivity contribution in [1.29, 1.82) is 0 Å². The standard InChI is InChI=1S/C29H32F3N5O3/c30-29(31,32)40-24-5-1-3-22(17-24)37-27(20-6-7-20)25(26(34-37)19-8-12-33-13-9-19)28(39)35-15-10-21(11-16-35)36-14-2-4-23(36)18-38/h1,3,5,8-9,12-13,17,20-21,23,38H,2,4,6-7,10-11,14-16,18H2/t23-/m0/s1. The topological polar surface area (TPSA) is 83.7 Å². The fourth-order valence-electron chi connectivity index (χ4n) is 6.19. The molecule has 2 aliphatic heterocycles. The van der Waals surface area contributed by atoms with E-state index in [2.05, 4.69) is 14.6 Å². The number of piperidine rings is 1. The molecule has 1 aromatic carbocycles. The number of ether oxygens (including phenoxy) is 1. The Kier molecular flexibility index (Phi) is 7.26. The lowest BCUT2D eigenvalue weighted by Gasteiger charge is -2.39. The summed E-state index contributed by atoms with van der Waals surface area (Å²) in [5.74, 6) is -0.367. The van der Waals surface area contributed by atoms with Crippen LogP contribution in [0, 0.1) is 0 Å². The average molecular weight is 556 g/mol. The number of hydrogen-bond acceptors (Lipinski definition) is 6. The van der Waals surface area contributed by atoms with Gasteiger partial charge in [0, 0.05) is 55.1 Å². The van der Waals surface area contributed by atoms with Crippen molar-refractivity contribution >= 4 is 5.91 Å². The van der Waals surface area contributed by atoms with Crippen LogP contribution in [0.5, 0.6) is 5.75 Å². The van der Waals surface area contributed by atoms with E-state index in [1.165, 1.54) is 18.2 Å². The van der Waals surface area contributed by atoms with E-state index in [0.717, 1.165) is 56.3 Å². The Morgan fingerprint density at radius 1 is 1.02 bits per heavy atom. The Balaban J connectivity index is 1.35. The number of likely N-dealkylation sites (tertiary alicyclic amines) is 2. The highest BCUT2D eigenvalue weighted by molar-refractivity contribution is 6.01. The van der Waals surface area contributed by atoms with E-state index in [1.54, 1.807) is 35.3 Å². The van der Waals surface area contributed by atoms with Crippen LogP contribution in [0.4, 0.5) is 13.2 Å². The van der Waals surface area contributed by atoms with Crippen LogP contribution < -0.4 is 4.74 Å². The van der Waals surface area contributed by atoms with E-state index in [1.807, 2.05) is 4.90 Å². The second-order valence-corrected chi connectivity index (χ2v) is 10.8. The Morgan fingerprint density at radius 3 is 2.45 bits per heavy atom. The van der Waals surface area contributed by atoms with Crippen molar-refractivity contribution < 1.29 is 27.8 Å². The van der Waals surface area contributed by atoms with E-state index in [9.17, 15) is 23.1 Å². The Hall–Kier alpha value is -3.44. The number of alkyl halides is 3. The number of halogens is 3. The number of amides is 1. The van der Waals surface area contributed by atoms with Crippen LogP contribution in [0.2, 0.25) is 0 Å². The number of aliphatic hydroxyl groups excluding tert-OH is 1. The van der Waals surface area contributed by atoms with Crippen LogP contribution in [-0.2, 0) is 0 Å². The second-order valence-electron chi connectivity index (χ2n) is 10.8. The first-order valence-electron chi connectivity index (χ1n) is 13.9. The maximum absolute atomic E-state index is 14.2. The zero-order chi connectivity index (χ0) is 27.9. The van der Waals surface area contributed by atoms with Crippen LogP contribution in [-0.4, -0.2) is 80.3 Å². The number of pyridine rings is 1. The van der Waals surface area contributed by atoms with Crippen molar-refractivity contribution in [3.63, 3.8) is 0 Å². The normalized spacial score (nSPS) is 20.7. The minimum atomic E-state index is -4.82. The third kappa shape index (κ3) is 5.44. The van der Waals surface area contributed by atoms with E-state index < -0.39 is 6.36 Å². The molecule has 0 radical (unpaired) electrons. The maximum Gasteiger partial charge on any atom is 0.573 e. The molecule has 0 unspecified atom stereocenters. The summed E-state index contributed by atoms with van der Waals surface area (Å²) in [5, 5.41) is 14.6. The molecule has 6 rings (SSSR count). The lowest BCUT2D eigenvalue weighted by molar-refractivity contribution is -0.274. The first kappa shape index (κ1) is 26.8. The molecule has 3 aliphatic rings. The molecule has 3 aromatic rings. The molecule has 212 valence electrons. The molecule has 1 N–H and O–H groups in total. The molecular formula is C29H32F3N5O3. The van der Waals surface area contributed by atoms with Crippen LogP contribution in [0.1, 0.15) is 60.5 Å². The number of nitrogens with zero attached hydrogens (tertiary/aromatic N) is 5. The molecule has 1 aliphatic carbocycles. The van der Waals surface area contributed by atoms with Crippen molar-refractivity contribution in [1.82, 2.24) is 24.6 Å². The molecule has 3 fully saturated rings. The van der Waals surface area contributed by atoms with Crippen molar-refractivity contribution in [3.05, 3.63) is 60.0 Å². The molecule has 8 nitrogen and oxygen atoms in total. The van der Waals surface area contributed by atoms with Gasteiger partial charge in [-0.25, -0.2) is 4.68 Å². The predicted molar refractivity (Wildman–Crippen MR) is 141 cm³/mol. The highest BCUT2D eigenvalue weighted by Crippen LogP contribution is 2.45. The Morgan fingerprint density at radius 2 is 1.77 bits per heavy atom. The molecule has 0 spiro atoms. The minimum Gasteiger partial charge on any atom is -0.406 e. The van der Waals surface area contributed by atoms with Crippen molar-refractivity contribution in [2.45, 2.75) is 62.9 Å². The number of aromatic nitrogens is 3. The zero-order valence-corrected chi connectivity index (χ0v) is 22.1. The van der Waals surface area contributed by atoms with Gasteiger partial charge in [-0.1, -0.05) is 6.07 Å². The van der Waals surface area contributed by atoms with Gasteiger partial charge in [-0.05, 0) is 69.3 Å². The third-order valence-electron chi connectivity index (χ3n) is 8.20. The molecule has 11 heteroatoms. The zero-order valence-electron chi connectivity index (χ0n) is 22.1. The molecular weight excluding hydrogens is 523 g/mol. The van der Waals surface area contributed by atoms with E-state index in [0.29, 0.717) is 36.1 Å². The van der Waals surface area contributed by atoms with Gasteiger partial charge in [-0.15, -0.1) is 13.2 Å². The van der Waals surface area contributed by atoms with Crippen molar-refractivity contribution in [2.75, 3.05) is 26.2 Å². The van der Waals surface area contributed by atoms with Gasteiger partial charge in [0.25, 0.3) is 5.91 Å². The summed E-state index contributed by atoms with van der Waals surface area (Å²) in [6, 6.07) is 9.83. The summed E-state index contributed by atoms with van der Waals surface area (Å²) in [4.78, 5) is 22.6. The summed E-state index contributed by atoms with van der Waals surface area (Å²) in [7, 11) is 0. The lowest BCUT2D eigenvalue weighted by atomic mass is 9.99. The van der Waals surface area contributed by atoms with Gasteiger partial charge in [0.1, 0.15) is 11.4 Å². The SMILES string of the molecule is O=C(c1c(-c2ccncc2)nn(-c2cccc(OC(F)(F)F)c2)c1C1CC1)N1CCC(N2CCC[C@H]2CO)CC1. The third-order valence-corrected chi connectivity index (χ3v) is 8.20. The van der Waals surface area contributed by atoms with Gasteiger partial charge >= 0.3 is 6.36 Å². The Labute approximate surface area is 230 Å². The quantitative estimate of drug-likeness (QED) is 0.452. The number of hydrogen-bond donors (Lipinski definition) is 1.